The van der Waals surface area contributed by atoms with Gasteiger partial charge in [0.2, 0.25) is 11.2 Å². The Labute approximate surface area is 97.5 Å². The molecule has 0 amide bonds. The Hall–Kier alpha value is -0.560. The van der Waals surface area contributed by atoms with E-state index < -0.39 is 12.2 Å². The highest BCUT2D eigenvalue weighted by molar-refractivity contribution is 7.80. The van der Waals surface area contributed by atoms with Gasteiger partial charge in [0.25, 0.3) is 0 Å². The summed E-state index contributed by atoms with van der Waals surface area (Å²) in [5.41, 5.74) is 0.281. The van der Waals surface area contributed by atoms with Crippen LogP contribution in [0.25, 0.3) is 0 Å². The van der Waals surface area contributed by atoms with Crippen LogP contribution in [0, 0.1) is 0 Å². The molecule has 5 nitrogen and oxygen atoms in total. The zero-order valence-corrected chi connectivity index (χ0v) is 9.61. The molecule has 0 spiro atoms. The van der Waals surface area contributed by atoms with Crippen LogP contribution in [0.3, 0.4) is 0 Å². The van der Waals surface area contributed by atoms with Gasteiger partial charge in [-0.1, -0.05) is 0 Å². The van der Waals surface area contributed by atoms with E-state index >= 15 is 0 Å². The third kappa shape index (κ3) is 2.94. The Morgan fingerprint density at radius 2 is 2.27 bits per heavy atom. The maximum Gasteiger partial charge on any atom is 0.225 e. The summed E-state index contributed by atoms with van der Waals surface area (Å²) >= 11 is 9.42. The number of aromatic nitrogens is 2. The Morgan fingerprint density at radius 1 is 1.60 bits per heavy atom. The molecule has 84 valence electrons. The highest BCUT2D eigenvalue weighted by Gasteiger charge is 2.22. The first-order chi connectivity index (χ1) is 7.10. The van der Waals surface area contributed by atoms with Crippen LogP contribution in [0.5, 0.6) is 5.88 Å². The van der Waals surface area contributed by atoms with Crippen LogP contribution >= 0.6 is 24.2 Å². The maximum absolute atomic E-state index is 9.69. The van der Waals surface area contributed by atoms with E-state index in [1.807, 2.05) is 0 Å². The molecule has 7 heteroatoms. The maximum atomic E-state index is 9.69. The molecule has 0 aliphatic carbocycles. The molecule has 2 N–H and O–H groups in total. The van der Waals surface area contributed by atoms with E-state index in [1.54, 1.807) is 0 Å². The van der Waals surface area contributed by atoms with Gasteiger partial charge in [-0.15, -0.1) is 0 Å². The van der Waals surface area contributed by atoms with Crippen LogP contribution in [-0.4, -0.2) is 39.1 Å². The smallest absolute Gasteiger partial charge is 0.225 e. The summed E-state index contributed by atoms with van der Waals surface area (Å²) in [6, 6.07) is 0. The van der Waals surface area contributed by atoms with E-state index in [0.29, 0.717) is 0 Å². The number of nitrogens with zero attached hydrogens (tertiary/aromatic N) is 2. The summed E-state index contributed by atoms with van der Waals surface area (Å²) in [5.74, 6) is 0.260. The minimum atomic E-state index is -1.14. The average Bonchev–Trinajstić information content (AvgIpc) is 2.26. The molecule has 0 aromatic carbocycles. The van der Waals surface area contributed by atoms with Crippen molar-refractivity contribution in [1.29, 1.82) is 0 Å². The molecule has 2 atom stereocenters. The molecule has 1 aromatic heterocycles. The van der Waals surface area contributed by atoms with E-state index in [0.717, 1.165) is 0 Å². The molecule has 0 saturated carbocycles. The van der Waals surface area contributed by atoms with Crippen molar-refractivity contribution >= 4 is 24.2 Å². The van der Waals surface area contributed by atoms with Gasteiger partial charge in [0.05, 0.1) is 18.8 Å². The molecular weight excluding hydrogens is 240 g/mol. The first kappa shape index (κ1) is 12.5. The Morgan fingerprint density at radius 3 is 2.80 bits per heavy atom. The second-order valence-corrected chi connectivity index (χ2v) is 3.50. The predicted molar refractivity (Wildman–Crippen MR) is 58.4 cm³/mol. The number of hydrogen-bond acceptors (Lipinski definition) is 6. The number of rotatable bonds is 4. The topological polar surface area (TPSA) is 75.5 Å². The van der Waals surface area contributed by atoms with Crippen LogP contribution in [0.4, 0.5) is 0 Å². The van der Waals surface area contributed by atoms with E-state index in [-0.39, 0.29) is 22.5 Å². The van der Waals surface area contributed by atoms with Gasteiger partial charge in [-0.25, -0.2) is 4.98 Å². The molecule has 0 fully saturated rings. The summed E-state index contributed by atoms with van der Waals surface area (Å²) in [4.78, 5) is 7.47. The van der Waals surface area contributed by atoms with Crippen molar-refractivity contribution in [2.45, 2.75) is 12.2 Å². The summed E-state index contributed by atoms with van der Waals surface area (Å²) in [6.07, 6.45) is -0.840. The highest BCUT2D eigenvalue weighted by Crippen LogP contribution is 2.25. The van der Waals surface area contributed by atoms with Crippen molar-refractivity contribution in [2.75, 3.05) is 12.9 Å². The second-order valence-electron chi connectivity index (χ2n) is 2.80. The van der Waals surface area contributed by atoms with Crippen LogP contribution in [0.15, 0.2) is 6.20 Å². The summed E-state index contributed by atoms with van der Waals surface area (Å²) in [6.45, 7) is 0. The first-order valence-electron chi connectivity index (χ1n) is 4.13. The zero-order valence-electron chi connectivity index (χ0n) is 7.96. The third-order valence-corrected chi connectivity index (χ3v) is 2.37. The van der Waals surface area contributed by atoms with Gasteiger partial charge in [-0.05, 0) is 11.6 Å². The molecular formula is C8H11ClN2O3S. The lowest BCUT2D eigenvalue weighted by Gasteiger charge is -2.17. The molecule has 15 heavy (non-hydrogen) atoms. The number of halogens is 1. The van der Waals surface area contributed by atoms with Gasteiger partial charge in [0.15, 0.2) is 0 Å². The molecule has 2 unspecified atom stereocenters. The van der Waals surface area contributed by atoms with Gasteiger partial charge in [-0.2, -0.15) is 17.6 Å². The van der Waals surface area contributed by atoms with Crippen LogP contribution in [0.2, 0.25) is 5.28 Å². The number of thiol groups is 1. The van der Waals surface area contributed by atoms with Crippen LogP contribution in [-0.2, 0) is 0 Å². The van der Waals surface area contributed by atoms with Gasteiger partial charge < -0.3 is 14.9 Å². The monoisotopic (exact) mass is 250 g/mol. The highest BCUT2D eigenvalue weighted by atomic mass is 35.5. The SMILES string of the molecule is COc1nc(Cl)ncc1C(O)C(O)CS. The van der Waals surface area contributed by atoms with Crippen molar-refractivity contribution in [3.8, 4) is 5.88 Å². The molecule has 0 bridgehead atoms. The van der Waals surface area contributed by atoms with Crippen molar-refractivity contribution in [2.24, 2.45) is 0 Å². The fourth-order valence-corrected chi connectivity index (χ4v) is 1.35. The Kier molecular flexibility index (Phi) is 4.59. The largest absolute Gasteiger partial charge is 0.481 e. The van der Waals surface area contributed by atoms with Crippen molar-refractivity contribution in [3.05, 3.63) is 17.0 Å². The minimum Gasteiger partial charge on any atom is -0.481 e. The Balaban J connectivity index is 3.02. The lowest BCUT2D eigenvalue weighted by atomic mass is 10.1. The van der Waals surface area contributed by atoms with Crippen molar-refractivity contribution in [1.82, 2.24) is 9.97 Å². The summed E-state index contributed by atoms with van der Waals surface area (Å²) < 4.78 is 4.91. The quantitative estimate of drug-likeness (QED) is 0.535. The fourth-order valence-electron chi connectivity index (χ4n) is 1.03. The molecule has 0 aliphatic rings. The number of methoxy groups -OCH3 is 1. The fraction of sp³-hybridized carbons (Fsp3) is 0.500. The molecule has 0 radical (unpaired) electrons. The average molecular weight is 251 g/mol. The van der Waals surface area contributed by atoms with Gasteiger partial charge in [0, 0.05) is 11.9 Å². The molecule has 1 aromatic rings. The van der Waals surface area contributed by atoms with Gasteiger partial charge >= 0.3 is 0 Å². The standard InChI is InChI=1S/C8H11ClN2O3S/c1-14-7-4(2-10-8(9)11-7)6(13)5(12)3-15/h2,5-6,12-13,15H,3H2,1H3. The number of aliphatic hydroxyl groups is 2. The number of hydrogen-bond donors (Lipinski definition) is 3. The van der Waals surface area contributed by atoms with Crippen molar-refractivity contribution in [3.63, 3.8) is 0 Å². The van der Waals surface area contributed by atoms with E-state index in [4.69, 9.17) is 16.3 Å². The molecule has 1 heterocycles. The van der Waals surface area contributed by atoms with Crippen LogP contribution in [0.1, 0.15) is 11.7 Å². The normalized spacial score (nSPS) is 14.7. The minimum absolute atomic E-state index is 0.0168. The van der Waals surface area contributed by atoms with Gasteiger partial charge in [0.1, 0.15) is 6.10 Å². The molecule has 0 aliphatic heterocycles. The lowest BCUT2D eigenvalue weighted by Crippen LogP contribution is -2.20. The summed E-state index contributed by atoms with van der Waals surface area (Å²) in [5, 5.41) is 19.1. The van der Waals surface area contributed by atoms with E-state index in [1.165, 1.54) is 13.3 Å². The van der Waals surface area contributed by atoms with E-state index in [9.17, 15) is 10.2 Å². The Bertz CT molecular complexity index is 340. The van der Waals surface area contributed by atoms with Crippen LogP contribution < -0.4 is 4.74 Å². The summed E-state index contributed by atoms with van der Waals surface area (Å²) in [7, 11) is 1.39. The predicted octanol–water partition coefficient (Wildman–Crippen LogP) is 0.463. The number of ether oxygens (including phenoxy) is 1. The second kappa shape index (κ2) is 5.50. The van der Waals surface area contributed by atoms with Gasteiger partial charge in [-0.3, -0.25) is 0 Å². The first-order valence-corrected chi connectivity index (χ1v) is 5.14. The third-order valence-electron chi connectivity index (χ3n) is 1.81. The number of aliphatic hydroxyl groups excluding tert-OH is 2. The van der Waals surface area contributed by atoms with E-state index in [2.05, 4.69) is 22.6 Å². The lowest BCUT2D eigenvalue weighted by molar-refractivity contribution is 0.0316. The van der Waals surface area contributed by atoms with Crippen molar-refractivity contribution < 1.29 is 14.9 Å². The molecule has 1 rings (SSSR count). The molecule has 0 saturated heterocycles. The zero-order chi connectivity index (χ0) is 11.4.